The van der Waals surface area contributed by atoms with E-state index < -0.39 is 68.5 Å². The number of hydrogen-bond donors (Lipinski definition) is 0. The summed E-state index contributed by atoms with van der Waals surface area (Å²) in [4.78, 5) is 4.81. The Morgan fingerprint density at radius 1 is 0.655 bits per heavy atom. The Kier molecular flexibility index (Phi) is 7.16. The molecule has 0 bridgehead atoms. The van der Waals surface area contributed by atoms with Crippen molar-refractivity contribution in [3.05, 3.63) is 194 Å². The second kappa shape index (κ2) is 15.2. The first-order valence-electron chi connectivity index (χ1n) is 23.4. The molecule has 10 aromatic rings. The number of imidazole rings is 1. The predicted molar refractivity (Wildman–Crippen MR) is 234 cm³/mol. The summed E-state index contributed by atoms with van der Waals surface area (Å²) in [5.41, 5.74) is 3.64. The van der Waals surface area contributed by atoms with Gasteiger partial charge in [-0.05, 0) is 51.5 Å². The zero-order valence-electron chi connectivity index (χ0n) is 41.5. The van der Waals surface area contributed by atoms with Gasteiger partial charge >= 0.3 is 0 Å². The number of hydrogen-bond acceptors (Lipinski definition) is 2. The molecule has 0 atom stereocenters. The van der Waals surface area contributed by atoms with Crippen molar-refractivity contribution >= 4 is 46.1 Å². The maximum Gasteiger partial charge on any atom is 0.268 e. The van der Waals surface area contributed by atoms with Crippen LogP contribution in [0.25, 0.3) is 72.3 Å². The molecule has 0 fully saturated rings. The SMILES string of the molecule is [2H]c1c([2H])c([2H])c(-c2cccc(-c3c([2H])c([2H])c([2H])c([2H])c3[2H])c2-[n+]2[c-]n(-c3[c-]c(Oc4[c-]c5c(cc4)c4ccccc4n5-c4cc([Si](C)(C)C)ccn4)ccc3)c3ccccc32)c([2H])c1[2H].[Pt]. The minimum absolute atomic E-state index is 0. The molecule has 0 unspecified atom stereocenters. The number of aromatic nitrogens is 4. The molecule has 0 aliphatic heterocycles. The summed E-state index contributed by atoms with van der Waals surface area (Å²) in [6, 6.07) is 35.4. The van der Waals surface area contributed by atoms with Crippen molar-refractivity contribution < 1.29 is 44.1 Å². The van der Waals surface area contributed by atoms with Gasteiger partial charge in [0.2, 0.25) is 0 Å². The molecule has 0 saturated heterocycles. The van der Waals surface area contributed by atoms with Crippen LogP contribution in [0.3, 0.4) is 0 Å². The summed E-state index contributed by atoms with van der Waals surface area (Å²) in [5, 5.41) is 3.33. The zero-order chi connectivity index (χ0) is 47.2. The molecule has 0 N–H and O–H groups in total. The smallest absolute Gasteiger partial charge is 0.268 e. The third-order valence-electron chi connectivity index (χ3n) is 9.97. The topological polar surface area (TPSA) is 35.9 Å². The molecule has 3 heterocycles. The van der Waals surface area contributed by atoms with Crippen molar-refractivity contribution in [3.63, 3.8) is 0 Å². The molecule has 0 radical (unpaired) electrons. The van der Waals surface area contributed by atoms with E-state index in [9.17, 15) is 0 Å². The van der Waals surface area contributed by atoms with Gasteiger partial charge in [0.25, 0.3) is 6.33 Å². The number of nitrogens with zero attached hydrogens (tertiary/aromatic N) is 4. The fraction of sp³-hybridized carbons (Fsp3) is 0.0588. The van der Waals surface area contributed by atoms with Crippen molar-refractivity contribution in [3.8, 4) is 50.9 Å². The van der Waals surface area contributed by atoms with Crippen LogP contribution in [0.15, 0.2) is 176 Å². The molecule has 7 heteroatoms. The Balaban J connectivity index is 0.00000578. The molecule has 3 aromatic heterocycles. The van der Waals surface area contributed by atoms with Gasteiger partial charge in [-0.25, -0.2) is 4.98 Å². The summed E-state index contributed by atoms with van der Waals surface area (Å²) < 4.78 is 98.7. The van der Waals surface area contributed by atoms with E-state index in [2.05, 4.69) is 66.9 Å². The van der Waals surface area contributed by atoms with Gasteiger partial charge in [-0.3, -0.25) is 4.57 Å². The van der Waals surface area contributed by atoms with Gasteiger partial charge in [0.15, 0.2) is 0 Å². The largest absolute Gasteiger partial charge is 0.510 e. The second-order valence-electron chi connectivity index (χ2n) is 14.6. The second-order valence-corrected chi connectivity index (χ2v) is 19.6. The summed E-state index contributed by atoms with van der Waals surface area (Å²) in [5.74, 6) is 1.60. The molecule has 10 rings (SSSR count). The van der Waals surface area contributed by atoms with E-state index in [4.69, 9.17) is 23.4 Å². The number of benzene rings is 7. The average Bonchev–Trinajstić information content (AvgIpc) is 3.87. The first-order chi connectivity index (χ1) is 32.0. The molecule has 0 spiro atoms. The Bertz CT molecular complexity index is 3560. The van der Waals surface area contributed by atoms with Crippen LogP contribution in [0.5, 0.6) is 11.5 Å². The van der Waals surface area contributed by atoms with Crippen LogP contribution >= 0.6 is 0 Å². The first-order valence-corrected chi connectivity index (χ1v) is 21.9. The third-order valence-corrected chi connectivity index (χ3v) is 12.0. The maximum absolute atomic E-state index is 8.98. The number of rotatable bonds is 8. The van der Waals surface area contributed by atoms with Gasteiger partial charge in [-0.2, -0.15) is 18.2 Å². The van der Waals surface area contributed by atoms with Gasteiger partial charge in [0.05, 0.1) is 38.5 Å². The van der Waals surface area contributed by atoms with Crippen molar-refractivity contribution in [2.75, 3.05) is 0 Å². The molecular weight excluding hydrogens is 908 g/mol. The van der Waals surface area contributed by atoms with E-state index in [1.807, 2.05) is 60.8 Å². The van der Waals surface area contributed by atoms with Crippen LogP contribution in [-0.2, 0) is 21.1 Å². The van der Waals surface area contributed by atoms with E-state index in [1.165, 1.54) is 5.19 Å². The molecule has 58 heavy (non-hydrogen) atoms. The molecular formula is C51H38N4OPtSi-2. The molecule has 0 aliphatic rings. The van der Waals surface area contributed by atoms with Crippen LogP contribution < -0.4 is 14.5 Å². The molecule has 0 aliphatic carbocycles. The molecule has 0 saturated carbocycles. The number of para-hydroxylation sites is 4. The van der Waals surface area contributed by atoms with Crippen LogP contribution in [0.1, 0.15) is 13.7 Å². The molecule has 284 valence electrons. The number of ether oxygens (including phenoxy) is 1. The van der Waals surface area contributed by atoms with Gasteiger partial charge in [-0.15, -0.1) is 29.7 Å². The standard InChI is InChI=1S/C51H38N4OSi.Pt/c1-57(2,3)41-30-31-52-50(34-41)55-46-25-11-10-22-44(46)45-29-28-40(33-49(45)55)56-39-21-14-20-38(32-39)53-35-54(48-27-13-12-26-47(48)53)51-42(36-16-6-4-7-17-36)23-15-24-43(51)37-18-8-5-9-19-37;/h4-31,34H,1-3H3;/q-2;/i4D,5D,6D,7D,8D,9D,16D,17D,18D,19D;. The Hall–Kier alpha value is -6.33. The fourth-order valence-corrected chi connectivity index (χ4v) is 8.42. The van der Waals surface area contributed by atoms with E-state index >= 15 is 0 Å². The van der Waals surface area contributed by atoms with E-state index in [1.54, 1.807) is 39.5 Å². The van der Waals surface area contributed by atoms with Gasteiger partial charge in [0, 0.05) is 44.3 Å². The Morgan fingerprint density at radius 2 is 1.31 bits per heavy atom. The predicted octanol–water partition coefficient (Wildman–Crippen LogP) is 11.5. The first kappa shape index (κ1) is 27.3. The zero-order valence-corrected chi connectivity index (χ0v) is 34.8. The fourth-order valence-electron chi connectivity index (χ4n) is 7.28. The quantitative estimate of drug-likeness (QED) is 0.0864. The summed E-state index contributed by atoms with van der Waals surface area (Å²) in [7, 11) is -1.67. The number of pyridine rings is 1. The number of fused-ring (bicyclic) bond motifs is 4. The minimum atomic E-state index is -1.67. The summed E-state index contributed by atoms with van der Waals surface area (Å²) >= 11 is 0. The molecule has 5 nitrogen and oxygen atoms in total. The summed E-state index contributed by atoms with van der Waals surface area (Å²) in [6.45, 7) is 6.92. The van der Waals surface area contributed by atoms with Crippen molar-refractivity contribution in [2.24, 2.45) is 0 Å². The van der Waals surface area contributed by atoms with Crippen LogP contribution in [0, 0.1) is 18.5 Å². The Morgan fingerprint density at radius 3 is 2.03 bits per heavy atom. The van der Waals surface area contributed by atoms with Gasteiger partial charge in [0.1, 0.15) is 5.82 Å². The van der Waals surface area contributed by atoms with Gasteiger partial charge < -0.3 is 13.9 Å². The average molecular weight is 956 g/mol. The third kappa shape index (κ3) is 6.68. The van der Waals surface area contributed by atoms with Crippen LogP contribution in [0.4, 0.5) is 0 Å². The normalized spacial score (nSPS) is 14.0. The van der Waals surface area contributed by atoms with Gasteiger partial charge in [-0.1, -0.05) is 151 Å². The van der Waals surface area contributed by atoms with E-state index in [-0.39, 0.29) is 49.0 Å². The van der Waals surface area contributed by atoms with Crippen molar-refractivity contribution in [1.82, 2.24) is 14.1 Å². The molecule has 0 amide bonds. The van der Waals surface area contributed by atoms with Crippen molar-refractivity contribution in [2.45, 2.75) is 19.6 Å². The minimum Gasteiger partial charge on any atom is -0.510 e. The van der Waals surface area contributed by atoms with Crippen LogP contribution in [0.2, 0.25) is 19.6 Å². The Labute approximate surface area is 367 Å². The maximum atomic E-state index is 8.98. The van der Waals surface area contributed by atoms with E-state index in [0.717, 1.165) is 27.6 Å². The van der Waals surface area contributed by atoms with Crippen LogP contribution in [-0.4, -0.2) is 22.2 Å². The summed E-state index contributed by atoms with van der Waals surface area (Å²) in [6.07, 6.45) is 5.26. The monoisotopic (exact) mass is 955 g/mol. The van der Waals surface area contributed by atoms with Crippen molar-refractivity contribution in [1.29, 1.82) is 0 Å². The molecule has 7 aromatic carbocycles. The van der Waals surface area contributed by atoms with E-state index in [0.29, 0.717) is 28.2 Å².